The Kier molecular flexibility index (Phi) is 7.83. The van der Waals surface area contributed by atoms with Crippen LogP contribution in [0.4, 0.5) is 0 Å². The van der Waals surface area contributed by atoms with Gasteiger partial charge in [-0.2, -0.15) is 0 Å². The zero-order chi connectivity index (χ0) is 17.9. The fourth-order valence-electron chi connectivity index (χ4n) is 2.73. The molecule has 1 amide bonds. The third-order valence-corrected chi connectivity index (χ3v) is 4.15. The summed E-state index contributed by atoms with van der Waals surface area (Å²) in [6, 6.07) is 16.2. The topological polar surface area (TPSA) is 47.6 Å². The molecule has 0 fully saturated rings. The number of hydrogen-bond acceptors (Lipinski definition) is 3. The van der Waals surface area contributed by atoms with Crippen molar-refractivity contribution >= 4 is 5.91 Å². The van der Waals surface area contributed by atoms with Crippen LogP contribution in [0.3, 0.4) is 0 Å². The van der Waals surface area contributed by atoms with Crippen molar-refractivity contribution < 1.29 is 14.3 Å². The average Bonchev–Trinajstić information content (AvgIpc) is 2.66. The van der Waals surface area contributed by atoms with E-state index < -0.39 is 0 Å². The molecule has 25 heavy (non-hydrogen) atoms. The van der Waals surface area contributed by atoms with Gasteiger partial charge in [0.25, 0.3) is 0 Å². The van der Waals surface area contributed by atoms with Gasteiger partial charge in [0.1, 0.15) is 0 Å². The van der Waals surface area contributed by atoms with Crippen LogP contribution in [0, 0.1) is 0 Å². The number of hydrogen-bond donors (Lipinski definition) is 1. The first-order valence-corrected chi connectivity index (χ1v) is 8.74. The summed E-state index contributed by atoms with van der Waals surface area (Å²) in [6.45, 7) is 0.632. The number of nitrogens with one attached hydrogen (secondary N) is 1. The van der Waals surface area contributed by atoms with Gasteiger partial charge in [-0.15, -0.1) is 0 Å². The molecule has 0 saturated heterocycles. The van der Waals surface area contributed by atoms with E-state index in [9.17, 15) is 4.79 Å². The summed E-state index contributed by atoms with van der Waals surface area (Å²) >= 11 is 0. The molecule has 0 radical (unpaired) electrons. The smallest absolute Gasteiger partial charge is 0.220 e. The Bertz CT molecular complexity index is 655. The number of amides is 1. The Balaban J connectivity index is 1.63. The van der Waals surface area contributed by atoms with Crippen LogP contribution in [0.15, 0.2) is 48.5 Å². The monoisotopic (exact) mass is 341 g/mol. The molecule has 0 unspecified atom stereocenters. The summed E-state index contributed by atoms with van der Waals surface area (Å²) in [6.07, 6.45) is 4.33. The molecule has 0 aromatic heterocycles. The summed E-state index contributed by atoms with van der Waals surface area (Å²) < 4.78 is 10.5. The second-order valence-corrected chi connectivity index (χ2v) is 5.98. The highest BCUT2D eigenvalue weighted by Gasteiger charge is 2.05. The molecule has 0 bridgehead atoms. The molecule has 2 rings (SSSR count). The van der Waals surface area contributed by atoms with Gasteiger partial charge in [-0.05, 0) is 48.9 Å². The Morgan fingerprint density at radius 3 is 2.36 bits per heavy atom. The van der Waals surface area contributed by atoms with E-state index in [-0.39, 0.29) is 5.91 Å². The number of ether oxygens (including phenoxy) is 2. The lowest BCUT2D eigenvalue weighted by molar-refractivity contribution is -0.121. The van der Waals surface area contributed by atoms with Crippen molar-refractivity contribution in [3.63, 3.8) is 0 Å². The summed E-state index contributed by atoms with van der Waals surface area (Å²) in [5, 5.41) is 2.98. The second-order valence-electron chi connectivity index (χ2n) is 5.98. The van der Waals surface area contributed by atoms with Crippen LogP contribution in [0.1, 0.15) is 30.4 Å². The number of carbonyl (C=O) groups excluding carboxylic acids is 1. The van der Waals surface area contributed by atoms with Gasteiger partial charge in [-0.3, -0.25) is 4.79 Å². The summed E-state index contributed by atoms with van der Waals surface area (Å²) in [5.74, 6) is 1.55. The second kappa shape index (κ2) is 10.4. The van der Waals surface area contributed by atoms with Crippen LogP contribution < -0.4 is 14.8 Å². The van der Waals surface area contributed by atoms with Gasteiger partial charge in [-0.25, -0.2) is 0 Å². The Labute approximate surface area is 150 Å². The van der Waals surface area contributed by atoms with E-state index in [4.69, 9.17) is 9.47 Å². The first kappa shape index (κ1) is 18.8. The van der Waals surface area contributed by atoms with Crippen LogP contribution in [0.25, 0.3) is 0 Å². The van der Waals surface area contributed by atoms with Gasteiger partial charge in [0.05, 0.1) is 14.2 Å². The van der Waals surface area contributed by atoms with Crippen molar-refractivity contribution in [2.75, 3.05) is 20.8 Å². The molecular weight excluding hydrogens is 314 g/mol. The molecule has 1 N–H and O–H groups in total. The molecule has 0 aliphatic rings. The number of benzene rings is 2. The van der Waals surface area contributed by atoms with E-state index in [0.29, 0.717) is 24.5 Å². The first-order valence-electron chi connectivity index (χ1n) is 8.74. The maximum absolute atomic E-state index is 11.9. The van der Waals surface area contributed by atoms with Crippen molar-refractivity contribution in [1.29, 1.82) is 0 Å². The number of rotatable bonds is 10. The van der Waals surface area contributed by atoms with Crippen LogP contribution in [-0.2, 0) is 17.6 Å². The van der Waals surface area contributed by atoms with E-state index in [1.165, 1.54) is 5.56 Å². The summed E-state index contributed by atoms with van der Waals surface area (Å²) in [7, 11) is 3.24. The fraction of sp³-hybridized carbons (Fsp3) is 0.381. The Hall–Kier alpha value is -2.49. The molecule has 0 atom stereocenters. The molecule has 4 heteroatoms. The fourth-order valence-corrected chi connectivity index (χ4v) is 2.73. The van der Waals surface area contributed by atoms with Crippen molar-refractivity contribution in [3.8, 4) is 11.5 Å². The lowest BCUT2D eigenvalue weighted by atomic mass is 10.1. The predicted molar refractivity (Wildman–Crippen MR) is 100 cm³/mol. The minimum Gasteiger partial charge on any atom is -0.493 e. The van der Waals surface area contributed by atoms with Gasteiger partial charge in [0.15, 0.2) is 11.5 Å². The quantitative estimate of drug-likeness (QED) is 0.669. The van der Waals surface area contributed by atoms with Crippen LogP contribution >= 0.6 is 0 Å². The summed E-state index contributed by atoms with van der Waals surface area (Å²) in [4.78, 5) is 11.9. The largest absolute Gasteiger partial charge is 0.493 e. The van der Waals surface area contributed by atoms with E-state index in [0.717, 1.165) is 31.2 Å². The number of aryl methyl sites for hydroxylation is 1. The van der Waals surface area contributed by atoms with E-state index >= 15 is 0 Å². The molecule has 0 aliphatic carbocycles. The molecule has 0 aliphatic heterocycles. The highest BCUT2D eigenvalue weighted by Crippen LogP contribution is 2.27. The minimum absolute atomic E-state index is 0.119. The predicted octanol–water partition coefficient (Wildman–Crippen LogP) is 3.78. The van der Waals surface area contributed by atoms with Gasteiger partial charge < -0.3 is 14.8 Å². The maximum atomic E-state index is 11.9. The SMILES string of the molecule is COc1ccc(CCNC(=O)CCCCc2ccccc2)cc1OC. The van der Waals surface area contributed by atoms with Crippen molar-refractivity contribution in [3.05, 3.63) is 59.7 Å². The highest BCUT2D eigenvalue weighted by molar-refractivity contribution is 5.75. The molecule has 0 heterocycles. The standard InChI is InChI=1S/C21H27NO3/c1-24-19-13-12-18(16-20(19)25-2)14-15-22-21(23)11-7-6-10-17-8-4-3-5-9-17/h3-5,8-9,12-13,16H,6-7,10-11,14-15H2,1-2H3,(H,22,23). The van der Waals surface area contributed by atoms with E-state index in [1.807, 2.05) is 24.3 Å². The van der Waals surface area contributed by atoms with Gasteiger partial charge in [0.2, 0.25) is 5.91 Å². The third kappa shape index (κ3) is 6.49. The van der Waals surface area contributed by atoms with Gasteiger partial charge >= 0.3 is 0 Å². The molecule has 2 aromatic carbocycles. The highest BCUT2D eigenvalue weighted by atomic mass is 16.5. The lowest BCUT2D eigenvalue weighted by Crippen LogP contribution is -2.25. The molecule has 0 spiro atoms. The van der Waals surface area contributed by atoms with Crippen LogP contribution in [0.5, 0.6) is 11.5 Å². The van der Waals surface area contributed by atoms with Crippen LogP contribution in [-0.4, -0.2) is 26.7 Å². The lowest BCUT2D eigenvalue weighted by Gasteiger charge is -2.10. The van der Waals surface area contributed by atoms with E-state index in [1.54, 1.807) is 14.2 Å². The molecule has 2 aromatic rings. The van der Waals surface area contributed by atoms with Crippen molar-refractivity contribution in [2.24, 2.45) is 0 Å². The zero-order valence-corrected chi connectivity index (χ0v) is 15.1. The molecular formula is C21H27NO3. The number of carbonyl (C=O) groups is 1. The molecule has 134 valence electrons. The maximum Gasteiger partial charge on any atom is 0.220 e. The van der Waals surface area contributed by atoms with Crippen molar-refractivity contribution in [1.82, 2.24) is 5.32 Å². The first-order chi connectivity index (χ1) is 12.2. The number of methoxy groups -OCH3 is 2. The normalized spacial score (nSPS) is 10.3. The minimum atomic E-state index is 0.119. The average molecular weight is 341 g/mol. The number of unbranched alkanes of at least 4 members (excludes halogenated alkanes) is 1. The third-order valence-electron chi connectivity index (χ3n) is 4.15. The molecule has 0 saturated carbocycles. The van der Waals surface area contributed by atoms with E-state index in [2.05, 4.69) is 29.6 Å². The van der Waals surface area contributed by atoms with Crippen molar-refractivity contribution in [2.45, 2.75) is 32.1 Å². The zero-order valence-electron chi connectivity index (χ0n) is 15.1. The van der Waals surface area contributed by atoms with Gasteiger partial charge in [0, 0.05) is 13.0 Å². The van der Waals surface area contributed by atoms with Crippen LogP contribution in [0.2, 0.25) is 0 Å². The Morgan fingerprint density at radius 1 is 0.880 bits per heavy atom. The Morgan fingerprint density at radius 2 is 1.64 bits per heavy atom. The molecule has 4 nitrogen and oxygen atoms in total. The van der Waals surface area contributed by atoms with Gasteiger partial charge in [-0.1, -0.05) is 36.4 Å². The summed E-state index contributed by atoms with van der Waals surface area (Å²) in [5.41, 5.74) is 2.44.